The molecule has 0 fully saturated rings. The fourth-order valence-electron chi connectivity index (χ4n) is 2.70. The Morgan fingerprint density at radius 2 is 1.91 bits per heavy atom. The van der Waals surface area contributed by atoms with Gasteiger partial charge in [-0.25, -0.2) is 4.39 Å². The van der Waals surface area contributed by atoms with Gasteiger partial charge in [-0.05, 0) is 30.3 Å². The Hall–Kier alpha value is -2.60. The number of aromatic nitrogens is 4. The summed E-state index contributed by atoms with van der Waals surface area (Å²) in [6, 6.07) is 8.26. The van der Waals surface area contributed by atoms with Crippen LogP contribution in [0.15, 0.2) is 42.7 Å². The molecule has 0 bridgehead atoms. The van der Waals surface area contributed by atoms with Gasteiger partial charge >= 0.3 is 0 Å². The van der Waals surface area contributed by atoms with Gasteiger partial charge in [0, 0.05) is 16.7 Å². The maximum Gasteiger partial charge on any atom is 0.123 e. The van der Waals surface area contributed by atoms with E-state index in [1.165, 1.54) is 12.1 Å². The minimum Gasteiger partial charge on any atom is -0.373 e. The van der Waals surface area contributed by atoms with Gasteiger partial charge in [0.1, 0.15) is 11.5 Å². The molecule has 1 aliphatic rings. The lowest BCUT2D eigenvalue weighted by molar-refractivity contribution is 0.0805. The highest BCUT2D eigenvalue weighted by molar-refractivity contribution is 5.82. The van der Waals surface area contributed by atoms with Gasteiger partial charge in [0.05, 0.1) is 37.8 Å². The smallest absolute Gasteiger partial charge is 0.123 e. The maximum atomic E-state index is 13.2. The molecule has 0 radical (unpaired) electrons. The summed E-state index contributed by atoms with van der Waals surface area (Å²) in [5.41, 5.74) is 4.60. The number of ether oxygens (including phenoxy) is 1. The van der Waals surface area contributed by atoms with Crippen molar-refractivity contribution in [2.75, 3.05) is 6.61 Å². The van der Waals surface area contributed by atoms with Crippen LogP contribution in [0.5, 0.6) is 0 Å². The molecule has 6 heteroatoms. The number of hydrogen-bond donors (Lipinski definition) is 0. The SMILES string of the molecule is Fc1ccc(-c2nn3c(c2-c2ccnnc2)COCC3)cc1. The van der Waals surface area contributed by atoms with Gasteiger partial charge < -0.3 is 4.74 Å². The van der Waals surface area contributed by atoms with Crippen molar-refractivity contribution in [1.29, 1.82) is 0 Å². The van der Waals surface area contributed by atoms with Gasteiger partial charge in [0.15, 0.2) is 0 Å². The summed E-state index contributed by atoms with van der Waals surface area (Å²) < 4.78 is 20.7. The maximum absolute atomic E-state index is 13.2. The fraction of sp³-hybridized carbons (Fsp3) is 0.188. The minimum atomic E-state index is -0.261. The zero-order valence-corrected chi connectivity index (χ0v) is 11.7. The first-order valence-corrected chi connectivity index (χ1v) is 7.03. The molecule has 0 saturated carbocycles. The Labute approximate surface area is 126 Å². The molecule has 3 aromatic rings. The van der Waals surface area contributed by atoms with Crippen molar-refractivity contribution in [1.82, 2.24) is 20.0 Å². The topological polar surface area (TPSA) is 52.8 Å². The predicted molar refractivity (Wildman–Crippen MR) is 78.3 cm³/mol. The average Bonchev–Trinajstić information content (AvgIpc) is 2.96. The summed E-state index contributed by atoms with van der Waals surface area (Å²) in [5, 5.41) is 12.5. The zero-order chi connectivity index (χ0) is 14.9. The molecule has 1 aliphatic heterocycles. The van der Waals surface area contributed by atoms with E-state index in [-0.39, 0.29) is 5.82 Å². The molecule has 22 heavy (non-hydrogen) atoms. The third-order valence-electron chi connectivity index (χ3n) is 3.73. The molecule has 2 aromatic heterocycles. The van der Waals surface area contributed by atoms with Crippen LogP contribution in [0, 0.1) is 5.82 Å². The first-order chi connectivity index (χ1) is 10.8. The lowest BCUT2D eigenvalue weighted by atomic mass is 10.0. The van der Waals surface area contributed by atoms with Crippen LogP contribution >= 0.6 is 0 Å². The molecule has 0 saturated heterocycles. The number of halogens is 1. The normalized spacial score (nSPS) is 13.9. The van der Waals surface area contributed by atoms with Gasteiger partial charge in [-0.15, -0.1) is 0 Å². The molecule has 110 valence electrons. The second-order valence-electron chi connectivity index (χ2n) is 5.08. The van der Waals surface area contributed by atoms with E-state index in [1.54, 1.807) is 24.5 Å². The molecule has 0 amide bonds. The first-order valence-electron chi connectivity index (χ1n) is 7.03. The number of fused-ring (bicyclic) bond motifs is 1. The molecule has 0 N–H and O–H groups in total. The zero-order valence-electron chi connectivity index (χ0n) is 11.7. The van der Waals surface area contributed by atoms with Crippen molar-refractivity contribution in [2.24, 2.45) is 0 Å². The summed E-state index contributed by atoms with van der Waals surface area (Å²) in [4.78, 5) is 0. The quantitative estimate of drug-likeness (QED) is 0.729. The van der Waals surface area contributed by atoms with Gasteiger partial charge in [0.25, 0.3) is 0 Å². The van der Waals surface area contributed by atoms with Crippen molar-refractivity contribution in [3.63, 3.8) is 0 Å². The van der Waals surface area contributed by atoms with Crippen LogP contribution in [0.1, 0.15) is 5.69 Å². The monoisotopic (exact) mass is 296 g/mol. The first kappa shape index (κ1) is 13.1. The van der Waals surface area contributed by atoms with Crippen molar-refractivity contribution in [3.05, 3.63) is 54.2 Å². The standard InChI is InChI=1S/C16H13FN4O/c17-13-3-1-11(2-4-13)16-15(12-5-6-18-19-9-12)14-10-22-8-7-21(14)20-16/h1-6,9H,7-8,10H2. The summed E-state index contributed by atoms with van der Waals surface area (Å²) in [5.74, 6) is -0.261. The van der Waals surface area contributed by atoms with Gasteiger partial charge in [-0.1, -0.05) is 0 Å². The fourth-order valence-corrected chi connectivity index (χ4v) is 2.70. The Morgan fingerprint density at radius 3 is 2.68 bits per heavy atom. The van der Waals surface area contributed by atoms with Crippen LogP contribution in [0.4, 0.5) is 4.39 Å². The Bertz CT molecular complexity index is 799. The molecule has 3 heterocycles. The van der Waals surface area contributed by atoms with E-state index in [0.29, 0.717) is 19.8 Å². The lowest BCUT2D eigenvalue weighted by Gasteiger charge is -2.15. The Morgan fingerprint density at radius 1 is 1.05 bits per heavy atom. The minimum absolute atomic E-state index is 0.261. The molecule has 1 aromatic carbocycles. The highest BCUT2D eigenvalue weighted by Gasteiger charge is 2.23. The molecule has 0 spiro atoms. The van der Waals surface area contributed by atoms with E-state index >= 15 is 0 Å². The van der Waals surface area contributed by atoms with Crippen LogP contribution in [0.3, 0.4) is 0 Å². The van der Waals surface area contributed by atoms with Gasteiger partial charge in [-0.3, -0.25) is 4.68 Å². The summed E-state index contributed by atoms with van der Waals surface area (Å²) >= 11 is 0. The Balaban J connectivity index is 1.94. The molecular formula is C16H13FN4O. The highest BCUT2D eigenvalue weighted by Crippen LogP contribution is 2.35. The Kier molecular flexibility index (Phi) is 3.16. The predicted octanol–water partition coefficient (Wildman–Crippen LogP) is 2.68. The second-order valence-corrected chi connectivity index (χ2v) is 5.08. The summed E-state index contributed by atoms with van der Waals surface area (Å²) in [6.45, 7) is 1.86. The van der Waals surface area contributed by atoms with Crippen LogP contribution in [-0.4, -0.2) is 26.6 Å². The molecular weight excluding hydrogens is 283 g/mol. The van der Waals surface area contributed by atoms with Gasteiger partial charge in [-0.2, -0.15) is 15.3 Å². The van der Waals surface area contributed by atoms with E-state index in [0.717, 1.165) is 28.1 Å². The number of hydrogen-bond acceptors (Lipinski definition) is 4. The average molecular weight is 296 g/mol. The molecule has 5 nitrogen and oxygen atoms in total. The van der Waals surface area contributed by atoms with Crippen molar-refractivity contribution < 1.29 is 9.13 Å². The van der Waals surface area contributed by atoms with Gasteiger partial charge in [0.2, 0.25) is 0 Å². The number of nitrogens with zero attached hydrogens (tertiary/aromatic N) is 4. The third kappa shape index (κ3) is 2.17. The van der Waals surface area contributed by atoms with E-state index in [2.05, 4.69) is 10.2 Å². The molecule has 0 atom stereocenters. The largest absolute Gasteiger partial charge is 0.373 e. The number of rotatable bonds is 2. The summed E-state index contributed by atoms with van der Waals surface area (Å²) in [7, 11) is 0. The number of benzene rings is 1. The van der Waals surface area contributed by atoms with E-state index in [9.17, 15) is 4.39 Å². The van der Waals surface area contributed by atoms with Crippen LogP contribution in [0.2, 0.25) is 0 Å². The van der Waals surface area contributed by atoms with E-state index < -0.39 is 0 Å². The molecule has 0 unspecified atom stereocenters. The molecule has 0 aliphatic carbocycles. The van der Waals surface area contributed by atoms with Crippen molar-refractivity contribution in [3.8, 4) is 22.4 Å². The third-order valence-corrected chi connectivity index (χ3v) is 3.73. The highest BCUT2D eigenvalue weighted by atomic mass is 19.1. The van der Waals surface area contributed by atoms with Crippen LogP contribution < -0.4 is 0 Å². The van der Waals surface area contributed by atoms with Crippen molar-refractivity contribution >= 4 is 0 Å². The van der Waals surface area contributed by atoms with E-state index in [1.807, 2.05) is 10.7 Å². The van der Waals surface area contributed by atoms with E-state index in [4.69, 9.17) is 9.84 Å². The van der Waals surface area contributed by atoms with Crippen LogP contribution in [-0.2, 0) is 17.9 Å². The summed E-state index contributed by atoms with van der Waals surface area (Å²) in [6.07, 6.45) is 3.36. The second kappa shape index (κ2) is 5.31. The van der Waals surface area contributed by atoms with Crippen LogP contribution in [0.25, 0.3) is 22.4 Å². The van der Waals surface area contributed by atoms with Crippen molar-refractivity contribution in [2.45, 2.75) is 13.2 Å². The lowest BCUT2D eigenvalue weighted by Crippen LogP contribution is -2.17. The molecule has 4 rings (SSSR count).